The summed E-state index contributed by atoms with van der Waals surface area (Å²) in [4.78, 5) is 63.2. The molecule has 3 aromatic heterocycles. The van der Waals surface area contributed by atoms with Crippen molar-refractivity contribution in [3.8, 4) is 11.3 Å². The summed E-state index contributed by atoms with van der Waals surface area (Å²) in [6.45, 7) is 22.0. The van der Waals surface area contributed by atoms with Crippen LogP contribution in [0.25, 0.3) is 22.2 Å². The van der Waals surface area contributed by atoms with Crippen molar-refractivity contribution in [2.24, 2.45) is 0 Å². The van der Waals surface area contributed by atoms with Crippen LogP contribution in [0.3, 0.4) is 0 Å². The summed E-state index contributed by atoms with van der Waals surface area (Å²) in [5.74, 6) is 0.0889. The van der Waals surface area contributed by atoms with E-state index < -0.39 is 11.1 Å². The molecule has 1 fully saturated rings. The molecule has 4 heterocycles. The second-order valence-corrected chi connectivity index (χ2v) is 21.7. The van der Waals surface area contributed by atoms with Gasteiger partial charge >= 0.3 is 0 Å². The summed E-state index contributed by atoms with van der Waals surface area (Å²) in [6, 6.07) is 27.1. The standard InChI is InChI=1S/C55H68N10O4S/c1-9-55(7,8)70-47-14-10-12-41-32-43(35-59-49(41)47)50(67)57-26-22-54(5,6)69-31-23-53(3,4)63-48(66)37-65-29-27-64(28-30-65)36-39-16-18-40(19-17-39)51(68)60-44-20-15-38(2)46(33-44)62-52-58-25-21-45(61-52)42-13-11-24-56-34-42/h10-21,24-25,32-35H,9,22-23,26-31,36-37H2,1-8H3,(H,57,67)(H,60,68)(H,63,66)(H,58,61,62). The molecule has 1 aliphatic heterocycles. The molecule has 0 atom stereocenters. The number of pyridine rings is 2. The first-order valence-corrected chi connectivity index (χ1v) is 25.0. The Hall–Kier alpha value is -6.26. The smallest absolute Gasteiger partial charge is 0.255 e. The molecule has 0 saturated carbocycles. The molecular weight excluding hydrogens is 897 g/mol. The zero-order chi connectivity index (χ0) is 49.9. The number of carbonyl (C=O) groups excluding carboxylic acids is 3. The number of ether oxygens (including phenoxy) is 1. The molecule has 0 unspecified atom stereocenters. The number of amides is 3. The number of fused-ring (bicyclic) bond motifs is 1. The summed E-state index contributed by atoms with van der Waals surface area (Å²) in [5.41, 5.74) is 6.29. The fourth-order valence-electron chi connectivity index (χ4n) is 8.00. The van der Waals surface area contributed by atoms with Crippen molar-refractivity contribution in [2.75, 3.05) is 56.5 Å². The molecule has 7 rings (SSSR count). The van der Waals surface area contributed by atoms with E-state index in [9.17, 15) is 14.4 Å². The number of thioether (sulfide) groups is 1. The number of hydrogen-bond acceptors (Lipinski definition) is 12. The molecule has 1 saturated heterocycles. The van der Waals surface area contributed by atoms with Crippen molar-refractivity contribution in [2.45, 2.75) is 102 Å². The van der Waals surface area contributed by atoms with Crippen molar-refractivity contribution in [3.05, 3.63) is 132 Å². The molecule has 4 N–H and O–H groups in total. The van der Waals surface area contributed by atoms with Gasteiger partial charge in [-0.1, -0.05) is 51.1 Å². The Bertz CT molecular complexity index is 2740. The lowest BCUT2D eigenvalue weighted by atomic mass is 10.0. The molecule has 14 nitrogen and oxygen atoms in total. The molecular formula is C55H68N10O4S. The summed E-state index contributed by atoms with van der Waals surface area (Å²) < 4.78 is 6.38. The molecule has 3 amide bonds. The van der Waals surface area contributed by atoms with Crippen LogP contribution in [-0.2, 0) is 16.1 Å². The number of piperazine rings is 1. The predicted molar refractivity (Wildman–Crippen MR) is 282 cm³/mol. The van der Waals surface area contributed by atoms with Gasteiger partial charge in [-0.05, 0) is 120 Å². The number of carbonyl (C=O) groups is 3. The van der Waals surface area contributed by atoms with Crippen LogP contribution in [0.2, 0.25) is 0 Å². The van der Waals surface area contributed by atoms with Crippen LogP contribution >= 0.6 is 11.8 Å². The molecule has 0 spiro atoms. The summed E-state index contributed by atoms with van der Waals surface area (Å²) in [5, 5.41) is 13.5. The van der Waals surface area contributed by atoms with Crippen molar-refractivity contribution >= 4 is 57.7 Å². The fraction of sp³-hybridized carbons (Fsp3) is 0.400. The van der Waals surface area contributed by atoms with Crippen LogP contribution in [-0.4, -0.2) is 109 Å². The minimum absolute atomic E-state index is 0.00374. The van der Waals surface area contributed by atoms with Gasteiger partial charge in [0.2, 0.25) is 11.9 Å². The zero-order valence-electron chi connectivity index (χ0n) is 41.9. The van der Waals surface area contributed by atoms with Crippen LogP contribution in [0.15, 0.2) is 115 Å². The Morgan fingerprint density at radius 1 is 0.786 bits per heavy atom. The largest absolute Gasteiger partial charge is 0.375 e. The first-order chi connectivity index (χ1) is 33.4. The van der Waals surface area contributed by atoms with E-state index in [1.165, 1.54) is 0 Å². The fourth-order valence-corrected chi connectivity index (χ4v) is 9.16. The Labute approximate surface area is 417 Å². The van der Waals surface area contributed by atoms with Gasteiger partial charge in [0.25, 0.3) is 11.8 Å². The molecule has 0 radical (unpaired) electrons. The van der Waals surface area contributed by atoms with E-state index in [2.05, 4.69) is 77.8 Å². The number of aryl methyl sites for hydroxylation is 1. The van der Waals surface area contributed by atoms with Gasteiger partial charge in [-0.25, -0.2) is 9.97 Å². The number of aromatic nitrogens is 4. The van der Waals surface area contributed by atoms with Gasteiger partial charge in [0.05, 0.1) is 28.9 Å². The van der Waals surface area contributed by atoms with Gasteiger partial charge in [0, 0.05) is 114 Å². The van der Waals surface area contributed by atoms with Crippen molar-refractivity contribution in [1.29, 1.82) is 0 Å². The number of benzene rings is 3. The molecule has 6 aromatic rings. The number of rotatable bonds is 21. The van der Waals surface area contributed by atoms with Gasteiger partial charge in [-0.3, -0.25) is 34.2 Å². The quantitative estimate of drug-likeness (QED) is 0.0506. The minimum Gasteiger partial charge on any atom is -0.375 e. The Balaban J connectivity index is 0.785. The van der Waals surface area contributed by atoms with Crippen LogP contribution in [0, 0.1) is 6.92 Å². The average Bonchev–Trinajstić information content (AvgIpc) is 3.33. The predicted octanol–water partition coefficient (Wildman–Crippen LogP) is 9.69. The molecule has 3 aromatic carbocycles. The Morgan fingerprint density at radius 2 is 1.56 bits per heavy atom. The van der Waals surface area contributed by atoms with E-state index in [0.29, 0.717) is 55.3 Å². The second kappa shape index (κ2) is 23.1. The Kier molecular flexibility index (Phi) is 17.0. The van der Waals surface area contributed by atoms with Gasteiger partial charge < -0.3 is 26.0 Å². The van der Waals surface area contributed by atoms with E-state index in [4.69, 9.17) is 4.74 Å². The molecule has 70 heavy (non-hydrogen) atoms. The number of para-hydroxylation sites is 1. The lowest BCUT2D eigenvalue weighted by molar-refractivity contribution is -0.124. The number of hydrogen-bond donors (Lipinski definition) is 4. The topological polar surface area (TPSA) is 167 Å². The van der Waals surface area contributed by atoms with E-state index in [0.717, 1.165) is 83.0 Å². The number of anilines is 3. The van der Waals surface area contributed by atoms with Crippen LogP contribution in [0.1, 0.15) is 99.6 Å². The SMILES string of the molecule is CCC(C)(C)Sc1cccc2cc(C(=O)NCCC(C)(C)OCCC(C)(C)NC(=O)CN3CCN(Cc4ccc(C(=O)Nc5ccc(C)c(Nc6nccc(-c7cccnc7)n6)c5)cc4)CC3)cnc12. The van der Waals surface area contributed by atoms with Crippen molar-refractivity contribution in [3.63, 3.8) is 0 Å². The number of nitrogens with zero attached hydrogens (tertiary/aromatic N) is 6. The van der Waals surface area contributed by atoms with E-state index in [1.54, 1.807) is 24.8 Å². The highest BCUT2D eigenvalue weighted by atomic mass is 32.2. The third-order valence-corrected chi connectivity index (χ3v) is 14.1. The molecule has 0 aliphatic carbocycles. The van der Waals surface area contributed by atoms with Crippen LogP contribution in [0.4, 0.5) is 17.3 Å². The zero-order valence-corrected chi connectivity index (χ0v) is 42.7. The summed E-state index contributed by atoms with van der Waals surface area (Å²) >= 11 is 1.81. The second-order valence-electron chi connectivity index (χ2n) is 19.9. The van der Waals surface area contributed by atoms with E-state index in [1.807, 2.05) is 125 Å². The number of nitrogens with one attached hydrogen (secondary N) is 4. The van der Waals surface area contributed by atoms with Crippen molar-refractivity contribution < 1.29 is 19.1 Å². The molecule has 1 aliphatic rings. The third-order valence-electron chi connectivity index (χ3n) is 12.7. The maximum absolute atomic E-state index is 13.3. The normalized spacial score (nSPS) is 13.8. The lowest BCUT2D eigenvalue weighted by Gasteiger charge is -2.35. The highest BCUT2D eigenvalue weighted by Gasteiger charge is 2.26. The molecule has 15 heteroatoms. The lowest BCUT2D eigenvalue weighted by Crippen LogP contribution is -2.52. The highest BCUT2D eigenvalue weighted by molar-refractivity contribution is 8.00. The first-order valence-electron chi connectivity index (χ1n) is 24.2. The minimum atomic E-state index is -0.470. The van der Waals surface area contributed by atoms with Crippen LogP contribution < -0.4 is 21.3 Å². The Morgan fingerprint density at radius 3 is 2.30 bits per heavy atom. The maximum Gasteiger partial charge on any atom is 0.255 e. The van der Waals surface area contributed by atoms with E-state index >= 15 is 0 Å². The van der Waals surface area contributed by atoms with Crippen LogP contribution in [0.5, 0.6) is 0 Å². The van der Waals surface area contributed by atoms with Crippen molar-refractivity contribution in [1.82, 2.24) is 40.4 Å². The maximum atomic E-state index is 13.3. The third kappa shape index (κ3) is 14.9. The van der Waals surface area contributed by atoms with Gasteiger partial charge in [-0.15, -0.1) is 11.8 Å². The van der Waals surface area contributed by atoms with Gasteiger partial charge in [0.15, 0.2) is 0 Å². The first kappa shape index (κ1) is 51.6. The van der Waals surface area contributed by atoms with Gasteiger partial charge in [-0.2, -0.15) is 0 Å². The monoisotopic (exact) mass is 965 g/mol. The summed E-state index contributed by atoms with van der Waals surface area (Å²) in [6.07, 6.45) is 9.16. The molecule has 0 bridgehead atoms. The summed E-state index contributed by atoms with van der Waals surface area (Å²) in [7, 11) is 0. The van der Waals surface area contributed by atoms with E-state index in [-0.39, 0.29) is 22.5 Å². The highest BCUT2D eigenvalue weighted by Crippen LogP contribution is 2.38. The molecule has 368 valence electrons. The average molecular weight is 965 g/mol. The van der Waals surface area contributed by atoms with Gasteiger partial charge in [0.1, 0.15) is 0 Å².